The Morgan fingerprint density at radius 3 is 3.08 bits per heavy atom. The van der Waals surface area contributed by atoms with Crippen LogP contribution in [0.4, 0.5) is 10.6 Å². The van der Waals surface area contributed by atoms with Crippen molar-refractivity contribution in [1.82, 2.24) is 10.2 Å². The molecule has 2 atom stereocenters. The lowest BCUT2D eigenvalue weighted by atomic mass is 9.91. The highest BCUT2D eigenvalue weighted by atomic mass is 79.9. The lowest BCUT2D eigenvalue weighted by Crippen LogP contribution is -2.25. The number of aromatic nitrogens is 2. The fourth-order valence-corrected chi connectivity index (χ4v) is 3.18. The number of nitrogens with one attached hydrogen (secondary N) is 2. The first kappa shape index (κ1) is 18.2. The third-order valence-corrected chi connectivity index (χ3v) is 4.51. The zero-order valence-electron chi connectivity index (χ0n) is 14.2. The van der Waals surface area contributed by atoms with Gasteiger partial charge in [-0.1, -0.05) is 28.1 Å². The number of hydrogen-bond donors (Lipinski definition) is 2. The predicted octanol–water partition coefficient (Wildman–Crippen LogP) is 3.35. The molecule has 1 aliphatic rings. The molecule has 1 aliphatic heterocycles. The number of ether oxygens (including phenoxy) is 3. The van der Waals surface area contributed by atoms with Gasteiger partial charge < -0.3 is 19.5 Å². The molecule has 8 nitrogen and oxygen atoms in total. The van der Waals surface area contributed by atoms with E-state index >= 15 is 0 Å². The number of rotatable bonds is 5. The van der Waals surface area contributed by atoms with Gasteiger partial charge in [0, 0.05) is 10.9 Å². The van der Waals surface area contributed by atoms with Crippen LogP contribution in [0, 0.1) is 0 Å². The van der Waals surface area contributed by atoms with Crippen LogP contribution in [0.25, 0.3) is 0 Å². The van der Waals surface area contributed by atoms with Crippen molar-refractivity contribution < 1.29 is 23.8 Å². The summed E-state index contributed by atoms with van der Waals surface area (Å²) < 4.78 is 16.3. The van der Waals surface area contributed by atoms with Crippen molar-refractivity contribution in [3.8, 4) is 5.75 Å². The summed E-state index contributed by atoms with van der Waals surface area (Å²) in [5.74, 6) is 0.0509. The van der Waals surface area contributed by atoms with Crippen molar-refractivity contribution in [3.63, 3.8) is 0 Å². The molecule has 1 aromatic carbocycles. The van der Waals surface area contributed by atoms with Crippen molar-refractivity contribution in [2.24, 2.45) is 0 Å². The van der Waals surface area contributed by atoms with Crippen LogP contribution in [0.2, 0.25) is 0 Å². The van der Waals surface area contributed by atoms with Crippen molar-refractivity contribution in [3.05, 3.63) is 40.5 Å². The first-order chi connectivity index (χ1) is 12.4. The van der Waals surface area contributed by atoms with Crippen LogP contribution < -0.4 is 10.1 Å². The van der Waals surface area contributed by atoms with Crippen LogP contribution in [0.3, 0.4) is 0 Å². The maximum absolute atomic E-state index is 12.3. The van der Waals surface area contributed by atoms with Crippen LogP contribution in [0.1, 0.15) is 25.8 Å². The standard InChI is InChI=1S/C17H18BrN3O5/c1-3-24-16(23)25-13-9-19-21-14(13)20-12-8-17(2,26-15(12)22)10-5-4-6-11(18)7-10/h4-7,9,12H,3,8H2,1-2H3,(H2,19,20,21). The number of hydrogen-bond acceptors (Lipinski definition) is 7. The maximum Gasteiger partial charge on any atom is 0.514 e. The minimum Gasteiger partial charge on any atom is -0.453 e. The number of H-pyrrole nitrogens is 1. The van der Waals surface area contributed by atoms with E-state index in [-0.39, 0.29) is 12.4 Å². The molecule has 1 saturated heterocycles. The van der Waals surface area contributed by atoms with E-state index in [2.05, 4.69) is 31.4 Å². The van der Waals surface area contributed by atoms with Crippen molar-refractivity contribution in [2.75, 3.05) is 11.9 Å². The lowest BCUT2D eigenvalue weighted by Gasteiger charge is -2.23. The summed E-state index contributed by atoms with van der Waals surface area (Å²) in [5, 5.41) is 9.49. The number of aromatic amines is 1. The van der Waals surface area contributed by atoms with E-state index < -0.39 is 23.8 Å². The Kier molecular flexibility index (Phi) is 5.17. The highest BCUT2D eigenvalue weighted by Crippen LogP contribution is 2.39. The van der Waals surface area contributed by atoms with Gasteiger partial charge in [-0.05, 0) is 31.5 Å². The number of halogens is 1. The Hall–Kier alpha value is -2.55. The molecular formula is C17H18BrN3O5. The van der Waals surface area contributed by atoms with E-state index in [0.717, 1.165) is 10.0 Å². The van der Waals surface area contributed by atoms with Crippen molar-refractivity contribution in [2.45, 2.75) is 31.9 Å². The van der Waals surface area contributed by atoms with Crippen LogP contribution in [-0.4, -0.2) is 35.0 Å². The number of carbonyl (C=O) groups excluding carboxylic acids is 2. The monoisotopic (exact) mass is 423 g/mol. The summed E-state index contributed by atoms with van der Waals surface area (Å²) in [4.78, 5) is 23.8. The van der Waals surface area contributed by atoms with Gasteiger partial charge in [0.05, 0.1) is 12.8 Å². The average molecular weight is 424 g/mol. The van der Waals surface area contributed by atoms with E-state index in [0.29, 0.717) is 12.2 Å². The SMILES string of the molecule is CCOC(=O)Oc1cn[nH]c1NC1CC(C)(c2cccc(Br)c2)OC1=O. The predicted molar refractivity (Wildman–Crippen MR) is 95.9 cm³/mol. The normalized spacial score (nSPS) is 22.0. The van der Waals surface area contributed by atoms with E-state index in [1.807, 2.05) is 31.2 Å². The van der Waals surface area contributed by atoms with Gasteiger partial charge in [-0.25, -0.2) is 9.59 Å². The lowest BCUT2D eigenvalue weighted by molar-refractivity contribution is -0.148. The van der Waals surface area contributed by atoms with Crippen LogP contribution in [-0.2, 0) is 19.9 Å². The molecule has 0 spiro atoms. The second-order valence-electron chi connectivity index (χ2n) is 5.96. The van der Waals surface area contributed by atoms with E-state index in [1.54, 1.807) is 6.92 Å². The smallest absolute Gasteiger partial charge is 0.453 e. The summed E-state index contributed by atoms with van der Waals surface area (Å²) >= 11 is 3.43. The Morgan fingerprint density at radius 2 is 2.35 bits per heavy atom. The van der Waals surface area contributed by atoms with Crippen molar-refractivity contribution >= 4 is 33.9 Å². The number of carbonyl (C=O) groups is 2. The van der Waals surface area contributed by atoms with Crippen LogP contribution in [0.5, 0.6) is 5.75 Å². The number of esters is 1. The molecule has 1 aromatic heterocycles. The third-order valence-electron chi connectivity index (χ3n) is 4.02. The highest BCUT2D eigenvalue weighted by Gasteiger charge is 2.45. The van der Waals surface area contributed by atoms with Crippen molar-refractivity contribution in [1.29, 1.82) is 0 Å². The molecule has 2 unspecified atom stereocenters. The molecule has 3 rings (SSSR count). The molecule has 2 heterocycles. The van der Waals surface area contributed by atoms with Gasteiger partial charge in [-0.2, -0.15) is 5.10 Å². The number of anilines is 1. The Morgan fingerprint density at radius 1 is 1.54 bits per heavy atom. The first-order valence-electron chi connectivity index (χ1n) is 8.04. The fraction of sp³-hybridized carbons (Fsp3) is 0.353. The topological polar surface area (TPSA) is 103 Å². The number of cyclic esters (lactones) is 1. The highest BCUT2D eigenvalue weighted by molar-refractivity contribution is 9.10. The van der Waals surface area contributed by atoms with Gasteiger partial charge in [-0.3, -0.25) is 5.10 Å². The maximum atomic E-state index is 12.3. The Balaban J connectivity index is 1.73. The second-order valence-corrected chi connectivity index (χ2v) is 6.87. The molecule has 0 aliphatic carbocycles. The number of benzene rings is 1. The molecular weight excluding hydrogens is 406 g/mol. The van der Waals surface area contributed by atoms with Gasteiger partial charge in [0.15, 0.2) is 11.6 Å². The molecule has 26 heavy (non-hydrogen) atoms. The van der Waals surface area contributed by atoms with Gasteiger partial charge in [0.25, 0.3) is 0 Å². The van der Waals surface area contributed by atoms with E-state index in [9.17, 15) is 9.59 Å². The zero-order valence-corrected chi connectivity index (χ0v) is 15.8. The van der Waals surface area contributed by atoms with Gasteiger partial charge in [0.1, 0.15) is 11.6 Å². The summed E-state index contributed by atoms with van der Waals surface area (Å²) in [6, 6.07) is 7.00. The largest absolute Gasteiger partial charge is 0.514 e. The minimum absolute atomic E-state index is 0.146. The molecule has 2 N–H and O–H groups in total. The van der Waals surface area contributed by atoms with E-state index in [1.165, 1.54) is 6.20 Å². The molecule has 0 radical (unpaired) electrons. The van der Waals surface area contributed by atoms with Gasteiger partial charge in [0.2, 0.25) is 0 Å². The first-order valence-corrected chi connectivity index (χ1v) is 8.84. The molecule has 9 heteroatoms. The summed E-state index contributed by atoms with van der Waals surface area (Å²) in [7, 11) is 0. The zero-order chi connectivity index (χ0) is 18.7. The summed E-state index contributed by atoms with van der Waals surface area (Å²) in [5.41, 5.74) is 0.123. The van der Waals surface area contributed by atoms with Gasteiger partial charge >= 0.3 is 12.1 Å². The summed E-state index contributed by atoms with van der Waals surface area (Å²) in [6.07, 6.45) is 0.887. The molecule has 2 aromatic rings. The Bertz CT molecular complexity index is 824. The summed E-state index contributed by atoms with van der Waals surface area (Å²) in [6.45, 7) is 3.73. The van der Waals surface area contributed by atoms with E-state index in [4.69, 9.17) is 14.2 Å². The molecule has 0 amide bonds. The Labute approximate surface area is 158 Å². The van der Waals surface area contributed by atoms with Crippen LogP contribution >= 0.6 is 15.9 Å². The molecule has 0 saturated carbocycles. The molecule has 0 bridgehead atoms. The number of nitrogens with zero attached hydrogens (tertiary/aromatic N) is 1. The molecule has 138 valence electrons. The average Bonchev–Trinajstić information content (AvgIpc) is 3.13. The quantitative estimate of drug-likeness (QED) is 0.710. The third kappa shape index (κ3) is 3.82. The fourth-order valence-electron chi connectivity index (χ4n) is 2.78. The molecule has 1 fully saturated rings. The van der Waals surface area contributed by atoms with Gasteiger partial charge in [-0.15, -0.1) is 0 Å². The minimum atomic E-state index is -0.843. The van der Waals surface area contributed by atoms with Crippen LogP contribution in [0.15, 0.2) is 34.9 Å². The second kappa shape index (κ2) is 7.36.